The van der Waals surface area contributed by atoms with Crippen molar-refractivity contribution >= 4 is 27.9 Å². The first-order valence-corrected chi connectivity index (χ1v) is 13.4. The van der Waals surface area contributed by atoms with Gasteiger partial charge in [0.2, 0.25) is 0 Å². The van der Waals surface area contributed by atoms with E-state index in [1.165, 1.54) is 38.5 Å². The van der Waals surface area contributed by atoms with E-state index < -0.39 is 0 Å². The Kier molecular flexibility index (Phi) is 5.68. The average molecular weight is 495 g/mol. The summed E-state index contributed by atoms with van der Waals surface area (Å²) in [5, 5.41) is 8.48. The Morgan fingerprint density at radius 3 is 2.59 bits per heavy atom. The highest BCUT2D eigenvalue weighted by atomic mass is 16.5. The summed E-state index contributed by atoms with van der Waals surface area (Å²) in [6.07, 6.45) is 17.3. The molecule has 1 saturated carbocycles. The fourth-order valence-corrected chi connectivity index (χ4v) is 5.67. The predicted octanol–water partition coefficient (Wildman–Crippen LogP) is 5.66. The molecule has 0 radical (unpaired) electrons. The Morgan fingerprint density at radius 1 is 0.865 bits per heavy atom. The van der Waals surface area contributed by atoms with Crippen molar-refractivity contribution in [1.82, 2.24) is 35.1 Å². The number of pyridine rings is 3. The molecule has 2 N–H and O–H groups in total. The number of nitrogens with one attached hydrogen (secondary N) is 2. The third kappa shape index (κ3) is 4.28. The van der Waals surface area contributed by atoms with Gasteiger partial charge < -0.3 is 14.6 Å². The Bertz CT molecular complexity index is 1540. The number of hydrogen-bond donors (Lipinski definition) is 2. The molecule has 6 heterocycles. The second-order valence-electron chi connectivity index (χ2n) is 10.1. The maximum absolute atomic E-state index is 6.25. The number of nitrogens with zero attached hydrogens (tertiary/aromatic N) is 6. The normalized spacial score (nSPS) is 17.0. The van der Waals surface area contributed by atoms with Crippen molar-refractivity contribution in [3.05, 3.63) is 43.0 Å². The summed E-state index contributed by atoms with van der Waals surface area (Å²) in [5.41, 5.74) is 6.20. The zero-order valence-corrected chi connectivity index (χ0v) is 20.8. The third-order valence-electron chi connectivity index (χ3n) is 7.61. The van der Waals surface area contributed by atoms with Gasteiger partial charge in [-0.25, -0.2) is 15.0 Å². The SMILES string of the molecule is c1cc(N2CCCCC2)c2[nH]c(-c3[nH]nc4ncc(-c5cncc(OC6CCCCC6)c5)cc34)nc2n1. The molecule has 0 aromatic carbocycles. The molecule has 0 spiro atoms. The van der Waals surface area contributed by atoms with Gasteiger partial charge in [-0.2, -0.15) is 5.10 Å². The molecule has 2 aliphatic rings. The predicted molar refractivity (Wildman–Crippen MR) is 144 cm³/mol. The minimum Gasteiger partial charge on any atom is -0.489 e. The third-order valence-corrected chi connectivity index (χ3v) is 7.61. The minimum absolute atomic E-state index is 0.281. The molecule has 9 nitrogen and oxygen atoms in total. The Morgan fingerprint density at radius 2 is 1.70 bits per heavy atom. The molecule has 1 saturated heterocycles. The molecule has 0 amide bonds. The van der Waals surface area contributed by atoms with Gasteiger partial charge in [-0.1, -0.05) is 6.42 Å². The van der Waals surface area contributed by atoms with E-state index in [9.17, 15) is 0 Å². The first-order valence-electron chi connectivity index (χ1n) is 13.4. The highest BCUT2D eigenvalue weighted by molar-refractivity contribution is 5.95. The van der Waals surface area contributed by atoms with Gasteiger partial charge >= 0.3 is 0 Å². The van der Waals surface area contributed by atoms with Gasteiger partial charge in [0.1, 0.15) is 17.0 Å². The van der Waals surface area contributed by atoms with Crippen LogP contribution in [0.3, 0.4) is 0 Å². The minimum atomic E-state index is 0.281. The van der Waals surface area contributed by atoms with Crippen LogP contribution in [0.15, 0.2) is 43.0 Å². The summed E-state index contributed by atoms with van der Waals surface area (Å²) in [7, 11) is 0. The smallest absolute Gasteiger partial charge is 0.181 e. The monoisotopic (exact) mass is 494 g/mol. The van der Waals surface area contributed by atoms with Crippen LogP contribution >= 0.6 is 0 Å². The first kappa shape index (κ1) is 22.2. The largest absolute Gasteiger partial charge is 0.489 e. The van der Waals surface area contributed by atoms with Crippen molar-refractivity contribution in [2.75, 3.05) is 18.0 Å². The number of aromatic nitrogens is 7. The van der Waals surface area contributed by atoms with Crippen molar-refractivity contribution in [1.29, 1.82) is 0 Å². The molecule has 0 unspecified atom stereocenters. The Labute approximate surface area is 214 Å². The lowest BCUT2D eigenvalue weighted by Crippen LogP contribution is -2.29. The van der Waals surface area contributed by atoms with Crippen LogP contribution < -0.4 is 9.64 Å². The van der Waals surface area contributed by atoms with Crippen LogP contribution in [-0.4, -0.2) is 54.3 Å². The van der Waals surface area contributed by atoms with Gasteiger partial charge in [0, 0.05) is 42.8 Å². The zero-order valence-electron chi connectivity index (χ0n) is 20.8. The second-order valence-corrected chi connectivity index (χ2v) is 10.1. The highest BCUT2D eigenvalue weighted by Gasteiger charge is 2.20. The van der Waals surface area contributed by atoms with Crippen molar-refractivity contribution in [3.8, 4) is 28.4 Å². The molecular formula is C28H30N8O. The lowest BCUT2D eigenvalue weighted by Gasteiger charge is -2.28. The van der Waals surface area contributed by atoms with Gasteiger partial charge in [-0.3, -0.25) is 10.1 Å². The molecule has 188 valence electrons. The van der Waals surface area contributed by atoms with Gasteiger partial charge in [-0.15, -0.1) is 0 Å². The molecule has 1 aliphatic heterocycles. The molecule has 9 heteroatoms. The van der Waals surface area contributed by atoms with Gasteiger partial charge in [0.25, 0.3) is 0 Å². The average Bonchev–Trinajstić information content (AvgIpc) is 3.58. The van der Waals surface area contributed by atoms with Crippen LogP contribution in [0.5, 0.6) is 5.75 Å². The van der Waals surface area contributed by atoms with Crippen LogP contribution in [-0.2, 0) is 0 Å². The summed E-state index contributed by atoms with van der Waals surface area (Å²) in [5.74, 6) is 1.52. The van der Waals surface area contributed by atoms with Crippen LogP contribution in [0.25, 0.3) is 44.8 Å². The standard InChI is InChI=1S/C28H30N8O/c1-3-7-20(8-4-1)37-21-13-18(15-29-17-21)19-14-22-24(34-35-26(22)31-16-19)28-32-25-23(9-10-30-27(25)33-28)36-11-5-2-6-12-36/h9-10,13-17,20H,1-8,11-12H2,(H,30,32,33)(H,31,34,35). The zero-order chi connectivity index (χ0) is 24.6. The maximum Gasteiger partial charge on any atom is 0.181 e. The van der Waals surface area contributed by atoms with E-state index in [1.807, 2.05) is 18.6 Å². The Balaban J connectivity index is 1.23. The van der Waals surface area contributed by atoms with E-state index in [4.69, 9.17) is 9.72 Å². The number of piperidine rings is 1. The number of aromatic amines is 2. The molecule has 5 aromatic rings. The summed E-state index contributed by atoms with van der Waals surface area (Å²) in [6.45, 7) is 2.12. The summed E-state index contributed by atoms with van der Waals surface area (Å²) in [4.78, 5) is 24.4. The number of ether oxygens (including phenoxy) is 1. The van der Waals surface area contributed by atoms with E-state index in [2.05, 4.69) is 53.2 Å². The number of H-pyrrole nitrogens is 2. The van der Waals surface area contributed by atoms with E-state index in [0.717, 1.165) is 65.1 Å². The quantitative estimate of drug-likeness (QED) is 0.324. The first-order chi connectivity index (χ1) is 18.3. The molecule has 7 rings (SSSR count). The van der Waals surface area contributed by atoms with Crippen LogP contribution in [0.2, 0.25) is 0 Å². The lowest BCUT2D eigenvalue weighted by molar-refractivity contribution is 0.154. The van der Waals surface area contributed by atoms with E-state index in [1.54, 1.807) is 6.20 Å². The van der Waals surface area contributed by atoms with Crippen molar-refractivity contribution < 1.29 is 4.74 Å². The topological polar surface area (TPSA) is 109 Å². The highest BCUT2D eigenvalue weighted by Crippen LogP contribution is 2.33. The van der Waals surface area contributed by atoms with Crippen LogP contribution in [0.4, 0.5) is 5.69 Å². The number of anilines is 1. The molecule has 1 aliphatic carbocycles. The molecule has 2 fully saturated rings. The van der Waals surface area contributed by atoms with Crippen molar-refractivity contribution in [2.24, 2.45) is 0 Å². The van der Waals surface area contributed by atoms with E-state index in [-0.39, 0.29) is 6.10 Å². The molecule has 0 bridgehead atoms. The van der Waals surface area contributed by atoms with Crippen molar-refractivity contribution in [3.63, 3.8) is 0 Å². The van der Waals surface area contributed by atoms with E-state index in [0.29, 0.717) is 17.1 Å². The molecular weight excluding hydrogens is 464 g/mol. The number of imidazole rings is 1. The van der Waals surface area contributed by atoms with Gasteiger partial charge in [0.15, 0.2) is 17.1 Å². The summed E-state index contributed by atoms with van der Waals surface area (Å²) >= 11 is 0. The number of rotatable bonds is 5. The fraction of sp³-hybridized carbons (Fsp3) is 0.393. The molecule has 37 heavy (non-hydrogen) atoms. The van der Waals surface area contributed by atoms with Crippen LogP contribution in [0.1, 0.15) is 51.4 Å². The van der Waals surface area contributed by atoms with Crippen molar-refractivity contribution in [2.45, 2.75) is 57.5 Å². The second kappa shape index (κ2) is 9.46. The fourth-order valence-electron chi connectivity index (χ4n) is 5.67. The molecule has 0 atom stereocenters. The lowest BCUT2D eigenvalue weighted by atomic mass is 9.98. The summed E-state index contributed by atoms with van der Waals surface area (Å²) in [6, 6.07) is 6.23. The van der Waals surface area contributed by atoms with E-state index >= 15 is 0 Å². The Hall–Kier alpha value is -4.01. The van der Waals surface area contributed by atoms with Gasteiger partial charge in [0.05, 0.1) is 23.4 Å². The summed E-state index contributed by atoms with van der Waals surface area (Å²) < 4.78 is 6.25. The number of fused-ring (bicyclic) bond motifs is 2. The molecule has 5 aromatic heterocycles. The maximum atomic E-state index is 6.25. The number of hydrogen-bond acceptors (Lipinski definition) is 7. The van der Waals surface area contributed by atoms with Gasteiger partial charge in [-0.05, 0) is 63.1 Å². The van der Waals surface area contributed by atoms with Crippen LogP contribution in [0, 0.1) is 0 Å².